The van der Waals surface area contributed by atoms with Crippen molar-refractivity contribution in [3.05, 3.63) is 67.2 Å². The van der Waals surface area contributed by atoms with Crippen molar-refractivity contribution >= 4 is 63.2 Å². The van der Waals surface area contributed by atoms with Gasteiger partial charge in [-0.3, -0.25) is 25.1 Å². The molecule has 25 heavy (non-hydrogen) atoms. The van der Waals surface area contributed by atoms with Gasteiger partial charge in [-0.2, -0.15) is 5.01 Å². The topological polar surface area (TPSA) is 92.6 Å². The van der Waals surface area contributed by atoms with Crippen LogP contribution in [-0.4, -0.2) is 26.1 Å². The predicted molar refractivity (Wildman–Crippen MR) is 99.9 cm³/mol. The molecule has 0 aliphatic carbocycles. The van der Waals surface area contributed by atoms with Crippen LogP contribution in [0.15, 0.2) is 46.7 Å². The fraction of sp³-hybridized carbons (Fsp3) is 0. The Morgan fingerprint density at radius 2 is 2.00 bits per heavy atom. The molecule has 1 aromatic carbocycles. The molecule has 1 aliphatic rings. The summed E-state index contributed by atoms with van der Waals surface area (Å²) in [6, 6.07) is 8.80. The highest BCUT2D eigenvalue weighted by Crippen LogP contribution is 2.32. The molecule has 3 rings (SSSR count). The van der Waals surface area contributed by atoms with Gasteiger partial charge in [-0.25, -0.2) is 0 Å². The van der Waals surface area contributed by atoms with Crippen molar-refractivity contribution in [2.45, 2.75) is 0 Å². The molecule has 0 spiro atoms. The van der Waals surface area contributed by atoms with Crippen LogP contribution in [-0.2, 0) is 4.79 Å². The second-order valence-electron chi connectivity index (χ2n) is 4.78. The quantitative estimate of drug-likeness (QED) is 0.372. The van der Waals surface area contributed by atoms with E-state index in [-0.39, 0.29) is 15.6 Å². The number of hydrogen-bond donors (Lipinski definition) is 1. The zero-order valence-electron chi connectivity index (χ0n) is 12.4. The van der Waals surface area contributed by atoms with E-state index < -0.39 is 16.7 Å². The normalized spacial score (nSPS) is 15.7. The molecular formula is C15H9N3O4S3. The summed E-state index contributed by atoms with van der Waals surface area (Å²) < 4.78 is 0.211. The Kier molecular flexibility index (Phi) is 4.93. The van der Waals surface area contributed by atoms with Crippen molar-refractivity contribution in [1.82, 2.24) is 10.4 Å². The molecule has 7 nitrogen and oxygen atoms in total. The number of nitro groups is 1. The number of non-ortho nitro benzene ring substituents is 1. The highest BCUT2D eigenvalue weighted by Gasteiger charge is 2.33. The summed E-state index contributed by atoms with van der Waals surface area (Å²) in [5, 5.41) is 13.5. The lowest BCUT2D eigenvalue weighted by atomic mass is 10.2. The monoisotopic (exact) mass is 391 g/mol. The van der Waals surface area contributed by atoms with Crippen LogP contribution in [0.3, 0.4) is 0 Å². The standard InChI is InChI=1S/C15H9N3O4S3/c19-13(9-3-5-10(6-4-9)18(21)22)16-17-14(20)12(25-15(17)23)8-11-2-1-7-24-11/h1-8H,(H,16,19)/b12-8+. The number of rotatable bonds is 4. The number of thiocarbonyl (C=S) groups is 1. The highest BCUT2D eigenvalue weighted by molar-refractivity contribution is 8.26. The van der Waals surface area contributed by atoms with Crippen molar-refractivity contribution in [3.63, 3.8) is 0 Å². The van der Waals surface area contributed by atoms with Crippen LogP contribution in [0.1, 0.15) is 15.2 Å². The maximum absolute atomic E-state index is 12.4. The van der Waals surface area contributed by atoms with Gasteiger partial charge in [0, 0.05) is 22.6 Å². The number of amides is 2. The molecular weight excluding hydrogens is 382 g/mol. The molecule has 1 aromatic heterocycles. The number of carbonyl (C=O) groups excluding carboxylic acids is 2. The molecule has 2 aromatic rings. The number of nitrogens with one attached hydrogen (secondary N) is 1. The van der Waals surface area contributed by atoms with Crippen molar-refractivity contribution in [3.8, 4) is 0 Å². The van der Waals surface area contributed by atoms with Crippen LogP contribution in [0.4, 0.5) is 5.69 Å². The number of hydrogen-bond acceptors (Lipinski definition) is 7. The lowest BCUT2D eigenvalue weighted by Gasteiger charge is -2.15. The van der Waals surface area contributed by atoms with Crippen LogP contribution in [0.2, 0.25) is 0 Å². The summed E-state index contributed by atoms with van der Waals surface area (Å²) in [5.41, 5.74) is 2.49. The molecule has 2 amide bonds. The third kappa shape index (κ3) is 3.76. The van der Waals surface area contributed by atoms with E-state index in [4.69, 9.17) is 12.2 Å². The number of benzene rings is 1. The number of thiophene rings is 1. The number of thioether (sulfide) groups is 1. The van der Waals surface area contributed by atoms with Gasteiger partial charge in [0.25, 0.3) is 17.5 Å². The highest BCUT2D eigenvalue weighted by atomic mass is 32.2. The molecule has 0 bridgehead atoms. The molecule has 0 saturated carbocycles. The Labute approximate surface area is 155 Å². The fourth-order valence-electron chi connectivity index (χ4n) is 1.97. The van der Waals surface area contributed by atoms with Gasteiger partial charge in [-0.15, -0.1) is 11.3 Å². The predicted octanol–water partition coefficient (Wildman–Crippen LogP) is 3.20. The summed E-state index contributed by atoms with van der Waals surface area (Å²) in [4.78, 5) is 36.0. The van der Waals surface area contributed by atoms with Gasteiger partial charge in [0.05, 0.1) is 9.83 Å². The summed E-state index contributed by atoms with van der Waals surface area (Å²) in [7, 11) is 0. The minimum atomic E-state index is -0.580. The summed E-state index contributed by atoms with van der Waals surface area (Å²) >= 11 is 7.72. The van der Waals surface area contributed by atoms with E-state index in [0.717, 1.165) is 21.6 Å². The van der Waals surface area contributed by atoms with E-state index in [1.54, 1.807) is 6.08 Å². The molecule has 1 aliphatic heterocycles. The molecule has 10 heteroatoms. The Morgan fingerprint density at radius 3 is 2.60 bits per heavy atom. The van der Waals surface area contributed by atoms with E-state index in [0.29, 0.717) is 4.91 Å². The second-order valence-corrected chi connectivity index (χ2v) is 7.43. The average Bonchev–Trinajstić information content (AvgIpc) is 3.19. The molecule has 0 radical (unpaired) electrons. The van der Waals surface area contributed by atoms with Crippen LogP contribution < -0.4 is 5.43 Å². The zero-order valence-corrected chi connectivity index (χ0v) is 14.8. The smallest absolute Gasteiger partial charge is 0.267 e. The minimum Gasteiger partial charge on any atom is -0.267 e. The first-order valence-electron chi connectivity index (χ1n) is 6.82. The first-order valence-corrected chi connectivity index (χ1v) is 8.93. The largest absolute Gasteiger partial charge is 0.285 e. The van der Waals surface area contributed by atoms with Gasteiger partial charge in [0.15, 0.2) is 4.32 Å². The van der Waals surface area contributed by atoms with E-state index in [2.05, 4.69) is 5.43 Å². The van der Waals surface area contributed by atoms with Gasteiger partial charge in [-0.1, -0.05) is 17.8 Å². The Hall–Kier alpha value is -2.56. The van der Waals surface area contributed by atoms with Gasteiger partial charge in [0.1, 0.15) is 0 Å². The molecule has 0 atom stereocenters. The Balaban J connectivity index is 1.73. The van der Waals surface area contributed by atoms with Crippen LogP contribution in [0.25, 0.3) is 6.08 Å². The summed E-state index contributed by atoms with van der Waals surface area (Å²) in [6.07, 6.45) is 1.71. The van der Waals surface area contributed by atoms with Crippen LogP contribution in [0.5, 0.6) is 0 Å². The number of carbonyl (C=O) groups is 2. The number of nitrogens with zero attached hydrogens (tertiary/aromatic N) is 2. The SMILES string of the molecule is O=C(NN1C(=O)/C(=C\c2cccs2)SC1=S)c1ccc([N+](=O)[O-])cc1. The zero-order chi connectivity index (χ0) is 18.0. The van der Waals surface area contributed by atoms with E-state index in [1.807, 2.05) is 17.5 Å². The van der Waals surface area contributed by atoms with Gasteiger partial charge in [-0.05, 0) is 41.9 Å². The van der Waals surface area contributed by atoms with Gasteiger partial charge in [0.2, 0.25) is 0 Å². The maximum atomic E-state index is 12.4. The maximum Gasteiger partial charge on any atom is 0.285 e. The summed E-state index contributed by atoms with van der Waals surface area (Å²) in [6.45, 7) is 0. The van der Waals surface area contributed by atoms with Crippen LogP contribution in [0, 0.1) is 10.1 Å². The first-order chi connectivity index (χ1) is 12.0. The van der Waals surface area contributed by atoms with E-state index >= 15 is 0 Å². The lowest BCUT2D eigenvalue weighted by molar-refractivity contribution is -0.384. The van der Waals surface area contributed by atoms with E-state index in [1.165, 1.54) is 35.6 Å². The third-order valence-electron chi connectivity index (χ3n) is 3.16. The third-order valence-corrected chi connectivity index (χ3v) is 5.29. The number of nitro benzene ring substituents is 1. The Morgan fingerprint density at radius 1 is 1.28 bits per heavy atom. The molecule has 1 saturated heterocycles. The van der Waals surface area contributed by atoms with Crippen molar-refractivity contribution in [2.75, 3.05) is 0 Å². The average molecular weight is 391 g/mol. The molecule has 0 unspecified atom stereocenters. The summed E-state index contributed by atoms with van der Waals surface area (Å²) in [5.74, 6) is -0.998. The molecule has 1 N–H and O–H groups in total. The minimum absolute atomic E-state index is 0.124. The Bertz CT molecular complexity index is 891. The number of hydrazine groups is 1. The lowest BCUT2D eigenvalue weighted by Crippen LogP contribution is -2.44. The second kappa shape index (κ2) is 7.13. The van der Waals surface area contributed by atoms with Gasteiger partial charge >= 0.3 is 0 Å². The first kappa shape index (κ1) is 17.3. The van der Waals surface area contributed by atoms with Crippen LogP contribution >= 0.6 is 35.3 Å². The molecule has 2 heterocycles. The van der Waals surface area contributed by atoms with Crippen molar-refractivity contribution in [1.29, 1.82) is 0 Å². The van der Waals surface area contributed by atoms with Crippen molar-refractivity contribution in [2.24, 2.45) is 0 Å². The molecule has 126 valence electrons. The molecule has 1 fully saturated rings. The van der Waals surface area contributed by atoms with Gasteiger partial charge < -0.3 is 0 Å². The fourth-order valence-corrected chi connectivity index (χ4v) is 3.87. The van der Waals surface area contributed by atoms with Crippen molar-refractivity contribution < 1.29 is 14.5 Å². The van der Waals surface area contributed by atoms with E-state index in [9.17, 15) is 19.7 Å².